The fourth-order valence-corrected chi connectivity index (χ4v) is 4.61. The molecule has 1 N–H and O–H groups in total. The van der Waals surface area contributed by atoms with E-state index in [1.54, 1.807) is 60.9 Å². The number of pyridine rings is 1. The van der Waals surface area contributed by atoms with Gasteiger partial charge in [0.1, 0.15) is 11.9 Å². The Bertz CT molecular complexity index is 1420. The number of imidazole rings is 1. The molecule has 0 bridgehead atoms. The molecule has 2 aromatic carbocycles. The number of carbonyl (C=O) groups is 2. The van der Waals surface area contributed by atoms with E-state index in [0.717, 1.165) is 22.3 Å². The van der Waals surface area contributed by atoms with Crippen LogP contribution in [0.25, 0.3) is 22.8 Å². The van der Waals surface area contributed by atoms with Crippen LogP contribution in [0.5, 0.6) is 0 Å². The summed E-state index contributed by atoms with van der Waals surface area (Å²) in [4.78, 5) is 34.1. The van der Waals surface area contributed by atoms with Crippen LogP contribution in [0.3, 0.4) is 0 Å². The second kappa shape index (κ2) is 13.5. The molecule has 0 fully saturated rings. The van der Waals surface area contributed by atoms with Crippen molar-refractivity contribution in [2.75, 3.05) is 19.1 Å². The first kappa shape index (κ1) is 27.8. The summed E-state index contributed by atoms with van der Waals surface area (Å²) < 4.78 is 20.5. The molecule has 4 rings (SSSR count). The molecule has 4 aromatic rings. The molecule has 0 saturated heterocycles. The molecule has 2 heterocycles. The summed E-state index contributed by atoms with van der Waals surface area (Å²) in [6.07, 6.45) is 13.1. The van der Waals surface area contributed by atoms with E-state index in [-0.39, 0.29) is 11.7 Å². The summed E-state index contributed by atoms with van der Waals surface area (Å²) in [5.74, 6) is -0.471. The third kappa shape index (κ3) is 7.42. The van der Waals surface area contributed by atoms with E-state index in [2.05, 4.69) is 15.3 Å². The zero-order valence-corrected chi connectivity index (χ0v) is 22.5. The first-order valence-corrected chi connectivity index (χ1v) is 13.7. The molecule has 2 aromatic heterocycles. The van der Waals surface area contributed by atoms with E-state index < -0.39 is 12.0 Å². The monoisotopic (exact) mass is 544 g/mol. The van der Waals surface area contributed by atoms with Gasteiger partial charge < -0.3 is 14.6 Å². The molecule has 39 heavy (non-hydrogen) atoms. The number of nitrogens with zero attached hydrogens (tertiary/aromatic N) is 3. The van der Waals surface area contributed by atoms with Crippen LogP contribution in [0, 0.1) is 5.82 Å². The fourth-order valence-electron chi connectivity index (χ4n) is 4.14. The summed E-state index contributed by atoms with van der Waals surface area (Å²) in [5, 5.41) is 2.84. The van der Waals surface area contributed by atoms with Crippen molar-refractivity contribution < 1.29 is 18.7 Å². The summed E-state index contributed by atoms with van der Waals surface area (Å²) in [5.41, 5.74) is 4.49. The molecular weight excluding hydrogens is 515 g/mol. The number of thioether (sulfide) groups is 1. The number of aromatic nitrogens is 3. The van der Waals surface area contributed by atoms with Gasteiger partial charge in [-0.05, 0) is 77.1 Å². The van der Waals surface area contributed by atoms with E-state index >= 15 is 0 Å². The number of hydrogen-bond acceptors (Lipinski definition) is 6. The highest BCUT2D eigenvalue weighted by Gasteiger charge is 2.23. The van der Waals surface area contributed by atoms with Gasteiger partial charge in [0.2, 0.25) is 0 Å². The maximum Gasteiger partial charge on any atom is 0.328 e. The van der Waals surface area contributed by atoms with Crippen LogP contribution in [0.1, 0.15) is 27.9 Å². The molecule has 7 nitrogen and oxygen atoms in total. The van der Waals surface area contributed by atoms with Gasteiger partial charge in [-0.3, -0.25) is 9.78 Å². The molecule has 0 radical (unpaired) electrons. The van der Waals surface area contributed by atoms with Crippen molar-refractivity contribution in [1.29, 1.82) is 0 Å². The third-order valence-electron chi connectivity index (χ3n) is 6.13. The molecular formula is C30H29FN4O3S. The Hall–Kier alpha value is -4.24. The van der Waals surface area contributed by atoms with E-state index in [4.69, 9.17) is 4.74 Å². The maximum atomic E-state index is 13.6. The number of methoxy groups -OCH3 is 1. The highest BCUT2D eigenvalue weighted by atomic mass is 32.2. The molecule has 0 aliphatic heterocycles. The summed E-state index contributed by atoms with van der Waals surface area (Å²) in [7, 11) is 1.31. The number of benzene rings is 2. The quantitative estimate of drug-likeness (QED) is 0.202. The van der Waals surface area contributed by atoms with Crippen LogP contribution in [0.4, 0.5) is 4.39 Å². The Morgan fingerprint density at radius 1 is 1.13 bits per heavy atom. The summed E-state index contributed by atoms with van der Waals surface area (Å²) in [6.45, 7) is 0.520. The Kier molecular flexibility index (Phi) is 9.64. The highest BCUT2D eigenvalue weighted by molar-refractivity contribution is 7.98. The lowest BCUT2D eigenvalue weighted by atomic mass is 9.95. The number of halogens is 1. The van der Waals surface area contributed by atoms with Gasteiger partial charge in [0, 0.05) is 42.5 Å². The van der Waals surface area contributed by atoms with E-state index in [0.29, 0.717) is 29.8 Å². The third-order valence-corrected chi connectivity index (χ3v) is 6.77. The Balaban J connectivity index is 1.74. The second-order valence-corrected chi connectivity index (χ2v) is 9.77. The number of carbonyl (C=O) groups excluding carboxylic acids is 2. The van der Waals surface area contributed by atoms with Gasteiger partial charge in [-0.25, -0.2) is 14.2 Å². The fraction of sp³-hybridized carbons (Fsp3) is 0.200. The van der Waals surface area contributed by atoms with Crippen LogP contribution >= 0.6 is 11.8 Å². The molecule has 0 saturated carbocycles. The first-order chi connectivity index (χ1) is 19.0. The van der Waals surface area contributed by atoms with Gasteiger partial charge in [0.05, 0.1) is 13.4 Å². The Labute approximate surface area is 231 Å². The zero-order chi connectivity index (χ0) is 27.6. The number of ether oxygens (including phenoxy) is 1. The van der Waals surface area contributed by atoms with Crippen molar-refractivity contribution >= 4 is 35.3 Å². The highest BCUT2D eigenvalue weighted by Crippen LogP contribution is 2.28. The SMILES string of the molecule is COC(=O)C(CCSC)NC(=O)c1ccc(/C=C(/Cn2ccnc2)c2ccc(F)cc2)cc1-c1cccnc1. The van der Waals surface area contributed by atoms with Crippen LogP contribution in [-0.4, -0.2) is 51.6 Å². The van der Waals surface area contributed by atoms with Crippen LogP contribution < -0.4 is 5.32 Å². The van der Waals surface area contributed by atoms with Crippen molar-refractivity contribution in [3.8, 4) is 11.1 Å². The number of esters is 1. The van der Waals surface area contributed by atoms with Crippen LogP contribution in [0.2, 0.25) is 0 Å². The minimum Gasteiger partial charge on any atom is -0.467 e. The van der Waals surface area contributed by atoms with Crippen molar-refractivity contribution in [2.24, 2.45) is 0 Å². The van der Waals surface area contributed by atoms with Gasteiger partial charge in [-0.2, -0.15) is 11.8 Å². The molecule has 1 amide bonds. The van der Waals surface area contributed by atoms with E-state index in [1.165, 1.54) is 19.2 Å². The molecule has 0 spiro atoms. The van der Waals surface area contributed by atoms with Crippen molar-refractivity contribution in [3.63, 3.8) is 0 Å². The molecule has 0 aliphatic carbocycles. The van der Waals surface area contributed by atoms with Gasteiger partial charge >= 0.3 is 5.97 Å². The average Bonchev–Trinajstić information content (AvgIpc) is 3.48. The van der Waals surface area contributed by atoms with E-state index in [9.17, 15) is 14.0 Å². The second-order valence-electron chi connectivity index (χ2n) is 8.79. The normalized spacial score (nSPS) is 12.1. The molecule has 9 heteroatoms. The van der Waals surface area contributed by atoms with Crippen molar-refractivity contribution in [1.82, 2.24) is 19.9 Å². The van der Waals surface area contributed by atoms with Gasteiger partial charge in [-0.1, -0.05) is 24.3 Å². The smallest absolute Gasteiger partial charge is 0.328 e. The number of allylic oxidation sites excluding steroid dienone is 1. The predicted octanol–water partition coefficient (Wildman–Crippen LogP) is 5.35. The minimum absolute atomic E-state index is 0.308. The van der Waals surface area contributed by atoms with Crippen LogP contribution in [0.15, 0.2) is 85.7 Å². The lowest BCUT2D eigenvalue weighted by Crippen LogP contribution is -2.42. The topological polar surface area (TPSA) is 86.1 Å². The summed E-state index contributed by atoms with van der Waals surface area (Å²) >= 11 is 1.59. The lowest BCUT2D eigenvalue weighted by molar-refractivity contribution is -0.142. The van der Waals surface area contributed by atoms with Crippen molar-refractivity contribution in [2.45, 2.75) is 19.0 Å². The zero-order valence-electron chi connectivity index (χ0n) is 21.7. The molecule has 0 aliphatic rings. The number of hydrogen-bond donors (Lipinski definition) is 1. The maximum absolute atomic E-state index is 13.6. The summed E-state index contributed by atoms with van der Waals surface area (Å²) in [6, 6.07) is 14.8. The average molecular weight is 545 g/mol. The standard InChI is InChI=1S/C30H29FN4O3S/c1-38-30(37)28(11-15-39-2)34-29(36)26-10-5-21(17-27(26)23-4-3-12-32-18-23)16-24(19-35-14-13-33-20-35)22-6-8-25(31)9-7-22/h3-10,12-14,16-18,20,28H,11,15,19H2,1-2H3,(H,34,36)/b24-16-. The lowest BCUT2D eigenvalue weighted by Gasteiger charge is -2.18. The number of rotatable bonds is 11. The Morgan fingerprint density at radius 3 is 2.62 bits per heavy atom. The van der Waals surface area contributed by atoms with Gasteiger partial charge in [-0.15, -0.1) is 0 Å². The Morgan fingerprint density at radius 2 is 1.95 bits per heavy atom. The minimum atomic E-state index is -0.753. The predicted molar refractivity (Wildman–Crippen MR) is 152 cm³/mol. The van der Waals surface area contributed by atoms with E-state index in [1.807, 2.05) is 41.3 Å². The van der Waals surface area contributed by atoms with Crippen LogP contribution in [-0.2, 0) is 16.1 Å². The molecule has 1 unspecified atom stereocenters. The molecule has 1 atom stereocenters. The van der Waals surface area contributed by atoms with Crippen molar-refractivity contribution in [3.05, 3.63) is 108 Å². The number of amides is 1. The van der Waals surface area contributed by atoms with Gasteiger partial charge in [0.25, 0.3) is 5.91 Å². The largest absolute Gasteiger partial charge is 0.467 e. The van der Waals surface area contributed by atoms with Gasteiger partial charge in [0.15, 0.2) is 0 Å². The number of nitrogens with one attached hydrogen (secondary N) is 1. The molecule has 200 valence electrons. The first-order valence-electron chi connectivity index (χ1n) is 12.3.